The van der Waals surface area contributed by atoms with Crippen molar-refractivity contribution in [2.24, 2.45) is 23.5 Å². The number of likely N-dealkylation sites (tertiary alicyclic amines) is 1. The van der Waals surface area contributed by atoms with E-state index in [0.29, 0.717) is 49.7 Å². The highest BCUT2D eigenvalue weighted by atomic mass is 35.5. The molecule has 5 nitrogen and oxygen atoms in total. The van der Waals surface area contributed by atoms with Crippen LogP contribution in [0, 0.1) is 17.8 Å². The topological polar surface area (TPSA) is 83.6 Å². The molecule has 6 heteroatoms. The number of hydrogen-bond acceptors (Lipinski definition) is 3. The number of benzene rings is 1. The second-order valence-electron chi connectivity index (χ2n) is 8.40. The van der Waals surface area contributed by atoms with Crippen LogP contribution in [0.15, 0.2) is 24.3 Å². The van der Waals surface area contributed by atoms with Gasteiger partial charge in [-0.3, -0.25) is 9.59 Å². The van der Waals surface area contributed by atoms with Crippen LogP contribution in [0.3, 0.4) is 0 Å². The molecule has 1 aliphatic heterocycles. The van der Waals surface area contributed by atoms with E-state index >= 15 is 0 Å². The molecule has 0 spiro atoms. The van der Waals surface area contributed by atoms with E-state index in [4.69, 9.17) is 17.3 Å². The number of hydrogen-bond donors (Lipinski definition) is 2. The van der Waals surface area contributed by atoms with Gasteiger partial charge in [0.05, 0.1) is 5.60 Å². The third kappa shape index (κ3) is 5.48. The van der Waals surface area contributed by atoms with Gasteiger partial charge in [-0.15, -0.1) is 0 Å². The molecule has 1 aromatic rings. The summed E-state index contributed by atoms with van der Waals surface area (Å²) in [6.45, 7) is 7.04. The lowest BCUT2D eigenvalue weighted by molar-refractivity contribution is -0.146. The Morgan fingerprint density at radius 1 is 1.18 bits per heavy atom. The van der Waals surface area contributed by atoms with Crippen molar-refractivity contribution in [1.82, 2.24) is 4.90 Å². The van der Waals surface area contributed by atoms with Crippen molar-refractivity contribution >= 4 is 23.4 Å². The van der Waals surface area contributed by atoms with Gasteiger partial charge in [-0.2, -0.15) is 0 Å². The van der Waals surface area contributed by atoms with Crippen molar-refractivity contribution in [3.8, 4) is 0 Å². The Morgan fingerprint density at radius 2 is 1.75 bits per heavy atom. The Kier molecular flexibility index (Phi) is 7.90. The molecule has 0 saturated carbocycles. The summed E-state index contributed by atoms with van der Waals surface area (Å²) < 4.78 is 0. The fourth-order valence-corrected chi connectivity index (χ4v) is 4.30. The third-order valence-corrected chi connectivity index (χ3v) is 6.03. The molecular formula is C22H33ClN2O3. The van der Waals surface area contributed by atoms with Crippen molar-refractivity contribution in [2.45, 2.75) is 58.5 Å². The van der Waals surface area contributed by atoms with Crippen LogP contribution < -0.4 is 5.73 Å². The highest BCUT2D eigenvalue weighted by Crippen LogP contribution is 2.35. The summed E-state index contributed by atoms with van der Waals surface area (Å²) in [5.74, 6) is -0.931. The zero-order valence-electron chi connectivity index (χ0n) is 17.2. The summed E-state index contributed by atoms with van der Waals surface area (Å²) in [6.07, 6.45) is 3.00. The van der Waals surface area contributed by atoms with Crippen LogP contribution >= 0.6 is 11.6 Å². The number of halogens is 1. The molecule has 0 aromatic heterocycles. The van der Waals surface area contributed by atoms with Crippen LogP contribution in [-0.2, 0) is 15.2 Å². The minimum Gasteiger partial charge on any atom is -0.385 e. The number of carbonyl (C=O) groups is 2. The van der Waals surface area contributed by atoms with Crippen LogP contribution in [0.5, 0.6) is 0 Å². The van der Waals surface area contributed by atoms with E-state index in [1.54, 1.807) is 17.0 Å². The average molecular weight is 409 g/mol. The van der Waals surface area contributed by atoms with Crippen LogP contribution in [0.1, 0.15) is 58.4 Å². The van der Waals surface area contributed by atoms with E-state index in [1.807, 2.05) is 19.1 Å². The SMILES string of the molecule is CCCC(C(N)=O)C(CC(C)C)C(=O)N1CCC(O)(c2ccc(Cl)cc2)CC1. The molecule has 156 valence electrons. The Morgan fingerprint density at radius 3 is 2.21 bits per heavy atom. The summed E-state index contributed by atoms with van der Waals surface area (Å²) in [5.41, 5.74) is 5.50. The van der Waals surface area contributed by atoms with Gasteiger partial charge in [0.15, 0.2) is 0 Å². The molecule has 1 heterocycles. The molecule has 1 aromatic carbocycles. The zero-order chi connectivity index (χ0) is 20.9. The number of carbonyl (C=O) groups excluding carboxylic acids is 2. The summed E-state index contributed by atoms with van der Waals surface area (Å²) in [5, 5.41) is 11.7. The fraction of sp³-hybridized carbons (Fsp3) is 0.636. The maximum atomic E-state index is 13.3. The fourth-order valence-electron chi connectivity index (χ4n) is 4.18. The molecule has 1 fully saturated rings. The number of primary amides is 1. The number of nitrogens with two attached hydrogens (primary N) is 1. The molecule has 0 bridgehead atoms. The second kappa shape index (κ2) is 9.75. The van der Waals surface area contributed by atoms with Crippen molar-refractivity contribution in [2.75, 3.05) is 13.1 Å². The van der Waals surface area contributed by atoms with E-state index in [9.17, 15) is 14.7 Å². The van der Waals surface area contributed by atoms with Crippen molar-refractivity contribution in [3.63, 3.8) is 0 Å². The first-order chi connectivity index (χ1) is 13.2. The summed E-state index contributed by atoms with van der Waals surface area (Å²) in [4.78, 5) is 27.1. The smallest absolute Gasteiger partial charge is 0.226 e. The molecule has 2 rings (SSSR count). The molecule has 2 atom stereocenters. The molecule has 1 aliphatic rings. The van der Waals surface area contributed by atoms with Crippen molar-refractivity contribution < 1.29 is 14.7 Å². The highest BCUT2D eigenvalue weighted by Gasteiger charge is 2.40. The number of rotatable bonds is 8. The standard InChI is InChI=1S/C22H33ClN2O3/c1-4-5-18(20(24)26)19(14-15(2)3)21(27)25-12-10-22(28,11-13-25)16-6-8-17(23)9-7-16/h6-9,15,18-19,28H,4-5,10-14H2,1-3H3,(H2,24,26). The molecule has 0 radical (unpaired) electrons. The van der Waals surface area contributed by atoms with Crippen LogP contribution in [0.25, 0.3) is 0 Å². The van der Waals surface area contributed by atoms with Gasteiger partial charge in [0.2, 0.25) is 11.8 Å². The van der Waals surface area contributed by atoms with Gasteiger partial charge in [-0.1, -0.05) is 50.9 Å². The molecule has 2 unspecified atom stereocenters. The Labute approximate surface area is 173 Å². The van der Waals surface area contributed by atoms with Crippen molar-refractivity contribution in [1.29, 1.82) is 0 Å². The van der Waals surface area contributed by atoms with E-state index in [0.717, 1.165) is 12.0 Å². The van der Waals surface area contributed by atoms with Crippen LogP contribution in [0.4, 0.5) is 0 Å². The van der Waals surface area contributed by atoms with Gasteiger partial charge >= 0.3 is 0 Å². The first-order valence-electron chi connectivity index (χ1n) is 10.2. The second-order valence-corrected chi connectivity index (χ2v) is 8.83. The average Bonchev–Trinajstić information content (AvgIpc) is 2.64. The largest absolute Gasteiger partial charge is 0.385 e. The summed E-state index contributed by atoms with van der Waals surface area (Å²) >= 11 is 5.95. The number of aliphatic hydroxyl groups is 1. The van der Waals surface area contributed by atoms with E-state index in [2.05, 4.69) is 13.8 Å². The van der Waals surface area contributed by atoms with Gasteiger partial charge in [-0.25, -0.2) is 0 Å². The monoisotopic (exact) mass is 408 g/mol. The quantitative estimate of drug-likeness (QED) is 0.687. The normalized spacial score (nSPS) is 18.7. The molecule has 28 heavy (non-hydrogen) atoms. The molecule has 0 aliphatic carbocycles. The van der Waals surface area contributed by atoms with Crippen molar-refractivity contribution in [3.05, 3.63) is 34.9 Å². The third-order valence-electron chi connectivity index (χ3n) is 5.78. The molecule has 1 saturated heterocycles. The lowest BCUT2D eigenvalue weighted by Gasteiger charge is -2.40. The van der Waals surface area contributed by atoms with Crippen LogP contribution in [0.2, 0.25) is 5.02 Å². The van der Waals surface area contributed by atoms with Gasteiger partial charge in [0.1, 0.15) is 0 Å². The minimum atomic E-state index is -0.957. The van der Waals surface area contributed by atoms with Crippen LogP contribution in [-0.4, -0.2) is 34.9 Å². The highest BCUT2D eigenvalue weighted by molar-refractivity contribution is 6.30. The van der Waals surface area contributed by atoms with Gasteiger partial charge < -0.3 is 15.7 Å². The molecular weight excluding hydrogens is 376 g/mol. The zero-order valence-corrected chi connectivity index (χ0v) is 17.9. The minimum absolute atomic E-state index is 0.0101. The number of piperidine rings is 1. The molecule has 2 amide bonds. The summed E-state index contributed by atoms with van der Waals surface area (Å²) in [7, 11) is 0. The first kappa shape index (κ1) is 22.7. The lowest BCUT2D eigenvalue weighted by Crippen LogP contribution is -2.49. The maximum absolute atomic E-state index is 13.3. The Balaban J connectivity index is 2.12. The predicted molar refractivity (Wildman–Crippen MR) is 112 cm³/mol. The van der Waals surface area contributed by atoms with Gasteiger partial charge in [0.25, 0.3) is 0 Å². The number of amides is 2. The lowest BCUT2D eigenvalue weighted by atomic mass is 9.80. The Bertz CT molecular complexity index is 667. The molecule has 3 N–H and O–H groups in total. The first-order valence-corrected chi connectivity index (χ1v) is 10.6. The van der Waals surface area contributed by atoms with Gasteiger partial charge in [0, 0.05) is 29.9 Å². The van der Waals surface area contributed by atoms with E-state index in [-0.39, 0.29) is 11.8 Å². The van der Waals surface area contributed by atoms with E-state index in [1.165, 1.54) is 0 Å². The number of nitrogens with zero attached hydrogens (tertiary/aromatic N) is 1. The summed E-state index contributed by atoms with van der Waals surface area (Å²) in [6, 6.07) is 7.22. The predicted octanol–water partition coefficient (Wildman–Crippen LogP) is 3.71. The van der Waals surface area contributed by atoms with Gasteiger partial charge in [-0.05, 0) is 49.3 Å². The van der Waals surface area contributed by atoms with E-state index < -0.39 is 17.4 Å². The maximum Gasteiger partial charge on any atom is 0.226 e. The Hall–Kier alpha value is -1.59.